The topological polar surface area (TPSA) is 40.7 Å². The molecule has 2 aliphatic heterocycles. The third-order valence-corrected chi connectivity index (χ3v) is 8.16. The number of hydrogen-bond acceptors (Lipinski definition) is 7. The van der Waals surface area contributed by atoms with Gasteiger partial charge >= 0.3 is 8.80 Å². The quantitative estimate of drug-likeness (QED) is 0.521. The van der Waals surface area contributed by atoms with Gasteiger partial charge in [0.2, 0.25) is 0 Å². The Bertz CT molecular complexity index is 336. The number of piperazine rings is 2. The Labute approximate surface area is 148 Å². The lowest BCUT2D eigenvalue weighted by Crippen LogP contribution is -2.58. The van der Waals surface area contributed by atoms with Gasteiger partial charge in [0.05, 0.1) is 6.17 Å². The standard InChI is InChI=1S/C16H36N4O3Si/c1-5-17-6-8-18(9-7-17)10-11-19-12-14-20(15-13-19)16-24(21-2,22-3)23-4/h5-16H2,1-4H3. The van der Waals surface area contributed by atoms with E-state index in [9.17, 15) is 0 Å². The summed E-state index contributed by atoms with van der Waals surface area (Å²) < 4.78 is 16.6. The molecule has 0 aliphatic carbocycles. The van der Waals surface area contributed by atoms with Gasteiger partial charge in [0.1, 0.15) is 0 Å². The zero-order valence-corrected chi connectivity index (χ0v) is 17.0. The number of rotatable bonds is 9. The van der Waals surface area contributed by atoms with E-state index < -0.39 is 8.80 Å². The molecule has 2 aliphatic rings. The Morgan fingerprint density at radius 3 is 1.38 bits per heavy atom. The van der Waals surface area contributed by atoms with Crippen LogP contribution in [0.3, 0.4) is 0 Å². The average molecular weight is 361 g/mol. The molecule has 0 bridgehead atoms. The third-order valence-electron chi connectivity index (χ3n) is 5.46. The van der Waals surface area contributed by atoms with E-state index in [1.165, 1.54) is 45.8 Å². The molecule has 142 valence electrons. The highest BCUT2D eigenvalue weighted by Gasteiger charge is 2.40. The smallest absolute Gasteiger partial charge is 0.376 e. The fourth-order valence-corrected chi connectivity index (χ4v) is 5.25. The molecule has 2 fully saturated rings. The van der Waals surface area contributed by atoms with Crippen LogP contribution in [0, 0.1) is 0 Å². The molecule has 0 aromatic rings. The van der Waals surface area contributed by atoms with Gasteiger partial charge in [-0.3, -0.25) is 14.7 Å². The van der Waals surface area contributed by atoms with Crippen molar-refractivity contribution in [3.63, 3.8) is 0 Å². The highest BCUT2D eigenvalue weighted by Crippen LogP contribution is 2.11. The molecule has 2 saturated heterocycles. The van der Waals surface area contributed by atoms with Gasteiger partial charge in [-0.2, -0.15) is 0 Å². The Morgan fingerprint density at radius 2 is 1.00 bits per heavy atom. The van der Waals surface area contributed by atoms with E-state index in [1.54, 1.807) is 21.3 Å². The van der Waals surface area contributed by atoms with E-state index in [0.717, 1.165) is 32.3 Å². The summed E-state index contributed by atoms with van der Waals surface area (Å²) in [6.07, 6.45) is 0.781. The van der Waals surface area contributed by atoms with Crippen LogP contribution in [0.2, 0.25) is 0 Å². The molecule has 2 heterocycles. The van der Waals surface area contributed by atoms with Gasteiger partial charge < -0.3 is 18.2 Å². The molecule has 0 aromatic carbocycles. The summed E-state index contributed by atoms with van der Waals surface area (Å²) >= 11 is 0. The maximum Gasteiger partial charge on any atom is 0.514 e. The zero-order valence-electron chi connectivity index (χ0n) is 16.0. The van der Waals surface area contributed by atoms with Gasteiger partial charge in [-0.05, 0) is 6.54 Å². The van der Waals surface area contributed by atoms with Crippen LogP contribution in [0.15, 0.2) is 0 Å². The monoisotopic (exact) mass is 360 g/mol. The minimum Gasteiger partial charge on any atom is -0.376 e. The molecular weight excluding hydrogens is 324 g/mol. The molecule has 0 spiro atoms. The first kappa shape index (κ1) is 20.3. The van der Waals surface area contributed by atoms with E-state index in [1.807, 2.05) is 0 Å². The lowest BCUT2D eigenvalue weighted by molar-refractivity contribution is 0.0747. The third kappa shape index (κ3) is 5.74. The molecule has 2 rings (SSSR count). The molecule has 7 nitrogen and oxygen atoms in total. The van der Waals surface area contributed by atoms with Crippen LogP contribution in [0.25, 0.3) is 0 Å². The van der Waals surface area contributed by atoms with Crippen molar-refractivity contribution in [2.75, 3.05) is 99.5 Å². The molecular formula is C16H36N4O3Si. The van der Waals surface area contributed by atoms with Gasteiger partial charge in [-0.15, -0.1) is 0 Å². The van der Waals surface area contributed by atoms with E-state index in [2.05, 4.69) is 26.5 Å². The van der Waals surface area contributed by atoms with Gasteiger partial charge in [0, 0.05) is 86.8 Å². The largest absolute Gasteiger partial charge is 0.514 e. The Kier molecular flexibility index (Phi) is 8.59. The van der Waals surface area contributed by atoms with E-state index >= 15 is 0 Å². The predicted molar refractivity (Wildman–Crippen MR) is 98.2 cm³/mol. The number of likely N-dealkylation sites (N-methyl/N-ethyl adjacent to an activating group) is 1. The minimum absolute atomic E-state index is 0.781. The summed E-state index contributed by atoms with van der Waals surface area (Å²) in [5.41, 5.74) is 0. The molecule has 8 heteroatoms. The summed E-state index contributed by atoms with van der Waals surface area (Å²) in [5.74, 6) is 0. The minimum atomic E-state index is -2.49. The van der Waals surface area contributed by atoms with Gasteiger partial charge in [-0.1, -0.05) is 6.92 Å². The molecule has 24 heavy (non-hydrogen) atoms. The van der Waals surface area contributed by atoms with Gasteiger partial charge in [0.15, 0.2) is 0 Å². The average Bonchev–Trinajstić information content (AvgIpc) is 2.66. The van der Waals surface area contributed by atoms with Crippen molar-refractivity contribution in [3.05, 3.63) is 0 Å². The molecule has 0 amide bonds. The molecule has 0 saturated carbocycles. The Morgan fingerprint density at radius 1 is 0.625 bits per heavy atom. The fourth-order valence-electron chi connectivity index (χ4n) is 3.50. The summed E-state index contributed by atoms with van der Waals surface area (Å²) in [6, 6.07) is 0. The van der Waals surface area contributed by atoms with Crippen molar-refractivity contribution in [2.45, 2.75) is 6.92 Å². The second-order valence-electron chi connectivity index (χ2n) is 6.69. The summed E-state index contributed by atoms with van der Waals surface area (Å²) in [4.78, 5) is 10.1. The fraction of sp³-hybridized carbons (Fsp3) is 1.00. The van der Waals surface area contributed by atoms with Crippen LogP contribution in [-0.2, 0) is 13.3 Å². The molecule has 0 aromatic heterocycles. The predicted octanol–water partition coefficient (Wildman–Crippen LogP) is -0.341. The van der Waals surface area contributed by atoms with Crippen molar-refractivity contribution in [1.29, 1.82) is 0 Å². The number of hydrogen-bond donors (Lipinski definition) is 0. The molecule has 0 radical (unpaired) electrons. The zero-order chi connectivity index (χ0) is 17.4. The van der Waals surface area contributed by atoms with Crippen LogP contribution in [0.1, 0.15) is 6.92 Å². The maximum atomic E-state index is 5.54. The Balaban J connectivity index is 1.64. The maximum absolute atomic E-state index is 5.54. The molecule has 0 N–H and O–H groups in total. The summed E-state index contributed by atoms with van der Waals surface area (Å²) in [7, 11) is 2.58. The lowest BCUT2D eigenvalue weighted by Gasteiger charge is -2.39. The first-order valence-electron chi connectivity index (χ1n) is 9.19. The highest BCUT2D eigenvalue weighted by molar-refractivity contribution is 6.60. The van der Waals surface area contributed by atoms with Crippen LogP contribution in [-0.4, -0.2) is 128 Å². The SMILES string of the molecule is CCN1CCN(CCN2CCN(C[Si](OC)(OC)OC)CC2)CC1. The van der Waals surface area contributed by atoms with Crippen molar-refractivity contribution in [1.82, 2.24) is 19.6 Å². The highest BCUT2D eigenvalue weighted by atomic mass is 28.4. The van der Waals surface area contributed by atoms with E-state index in [4.69, 9.17) is 13.3 Å². The van der Waals surface area contributed by atoms with Gasteiger partial charge in [-0.25, -0.2) is 0 Å². The second kappa shape index (κ2) is 10.2. The van der Waals surface area contributed by atoms with Crippen LogP contribution >= 0.6 is 0 Å². The van der Waals surface area contributed by atoms with Crippen molar-refractivity contribution in [3.8, 4) is 0 Å². The normalized spacial score (nSPS) is 23.0. The van der Waals surface area contributed by atoms with Gasteiger partial charge in [0.25, 0.3) is 0 Å². The van der Waals surface area contributed by atoms with E-state index in [-0.39, 0.29) is 0 Å². The number of nitrogens with zero attached hydrogens (tertiary/aromatic N) is 4. The van der Waals surface area contributed by atoms with Crippen LogP contribution in [0.5, 0.6) is 0 Å². The van der Waals surface area contributed by atoms with Crippen LogP contribution < -0.4 is 0 Å². The van der Waals surface area contributed by atoms with Crippen molar-refractivity contribution >= 4 is 8.80 Å². The van der Waals surface area contributed by atoms with Crippen LogP contribution in [0.4, 0.5) is 0 Å². The molecule has 0 unspecified atom stereocenters. The van der Waals surface area contributed by atoms with Crippen molar-refractivity contribution < 1.29 is 13.3 Å². The Hall–Kier alpha value is -0.0631. The first-order valence-corrected chi connectivity index (χ1v) is 11.1. The van der Waals surface area contributed by atoms with E-state index in [0.29, 0.717) is 0 Å². The second-order valence-corrected chi connectivity index (χ2v) is 9.60. The lowest BCUT2D eigenvalue weighted by atomic mass is 10.3. The summed E-state index contributed by atoms with van der Waals surface area (Å²) in [6.45, 7) is 15.1. The van der Waals surface area contributed by atoms with Crippen molar-refractivity contribution in [2.24, 2.45) is 0 Å². The molecule has 0 atom stereocenters. The summed E-state index contributed by atoms with van der Waals surface area (Å²) in [5, 5.41) is 0. The first-order chi connectivity index (χ1) is 11.6.